The average Bonchev–Trinajstić information content (AvgIpc) is 1.69. The molecule has 0 bridgehead atoms. The van der Waals surface area contributed by atoms with Gasteiger partial charge in [0, 0.05) is 6.54 Å². The van der Waals surface area contributed by atoms with Crippen LogP contribution in [-0.2, 0) is 4.74 Å². The summed E-state index contributed by atoms with van der Waals surface area (Å²) in [6.07, 6.45) is 0. The zero-order valence-electron chi connectivity index (χ0n) is 4.05. The molecule has 1 N–H and O–H groups in total. The molecule has 0 aliphatic carbocycles. The predicted molar refractivity (Wildman–Crippen MR) is 31.6 cm³/mol. The quantitative estimate of drug-likeness (QED) is 0.433. The first kappa shape index (κ1) is 5.41. The molecule has 0 amide bonds. The minimum atomic E-state index is 0.258. The van der Waals surface area contributed by atoms with E-state index in [4.69, 9.17) is 4.74 Å². The SMILES string of the molecule is S[C@@H]1COCCN1. The van der Waals surface area contributed by atoms with Crippen LogP contribution < -0.4 is 5.32 Å². The van der Waals surface area contributed by atoms with Crippen LogP contribution in [0.25, 0.3) is 0 Å². The first-order chi connectivity index (χ1) is 3.39. The molecular formula is C4H9NOS. The molecule has 1 atom stereocenters. The lowest BCUT2D eigenvalue weighted by molar-refractivity contribution is 0.101. The standard InChI is InChI=1S/C4H9NOS/c7-4-3-6-2-1-5-4/h4-5,7H,1-3H2/t4-/m1/s1. The van der Waals surface area contributed by atoms with Gasteiger partial charge in [0.25, 0.3) is 0 Å². The summed E-state index contributed by atoms with van der Waals surface area (Å²) in [5, 5.41) is 3.38. The van der Waals surface area contributed by atoms with E-state index in [1.54, 1.807) is 0 Å². The molecule has 1 fully saturated rings. The monoisotopic (exact) mass is 119 g/mol. The minimum absolute atomic E-state index is 0.258. The summed E-state index contributed by atoms with van der Waals surface area (Å²) in [7, 11) is 0. The minimum Gasteiger partial charge on any atom is -0.378 e. The number of rotatable bonds is 0. The smallest absolute Gasteiger partial charge is 0.0740 e. The predicted octanol–water partition coefficient (Wildman–Crippen LogP) is -0.138. The summed E-state index contributed by atoms with van der Waals surface area (Å²) in [5.74, 6) is 0. The normalized spacial score (nSPS) is 33.0. The highest BCUT2D eigenvalue weighted by molar-refractivity contribution is 7.80. The van der Waals surface area contributed by atoms with E-state index in [1.807, 2.05) is 0 Å². The molecule has 0 radical (unpaired) electrons. The van der Waals surface area contributed by atoms with Gasteiger partial charge in [-0.25, -0.2) is 0 Å². The Morgan fingerprint density at radius 2 is 2.57 bits per heavy atom. The van der Waals surface area contributed by atoms with Crippen LogP contribution in [0.15, 0.2) is 0 Å². The summed E-state index contributed by atoms with van der Waals surface area (Å²) in [5.41, 5.74) is 0. The molecule has 1 saturated heterocycles. The van der Waals surface area contributed by atoms with Gasteiger partial charge in [-0.05, 0) is 0 Å². The van der Waals surface area contributed by atoms with E-state index < -0.39 is 0 Å². The van der Waals surface area contributed by atoms with Crippen molar-refractivity contribution in [3.8, 4) is 0 Å². The van der Waals surface area contributed by atoms with Crippen LogP contribution in [0.1, 0.15) is 0 Å². The highest BCUT2D eigenvalue weighted by Crippen LogP contribution is 1.94. The molecule has 42 valence electrons. The Morgan fingerprint density at radius 1 is 1.71 bits per heavy atom. The lowest BCUT2D eigenvalue weighted by Crippen LogP contribution is -2.37. The molecular weight excluding hydrogens is 110 g/mol. The molecule has 0 unspecified atom stereocenters. The first-order valence-electron chi connectivity index (χ1n) is 2.39. The van der Waals surface area contributed by atoms with Gasteiger partial charge in [0.05, 0.1) is 18.6 Å². The second kappa shape index (κ2) is 2.55. The fourth-order valence-electron chi connectivity index (χ4n) is 0.552. The fraction of sp³-hybridized carbons (Fsp3) is 1.00. The Kier molecular flexibility index (Phi) is 1.97. The van der Waals surface area contributed by atoms with Crippen molar-refractivity contribution in [2.24, 2.45) is 0 Å². The van der Waals surface area contributed by atoms with E-state index in [0.29, 0.717) is 0 Å². The lowest BCUT2D eigenvalue weighted by Gasteiger charge is -2.18. The fourth-order valence-corrected chi connectivity index (χ4v) is 0.786. The summed E-state index contributed by atoms with van der Waals surface area (Å²) < 4.78 is 5.04. The second-order valence-electron chi connectivity index (χ2n) is 1.54. The van der Waals surface area contributed by atoms with Gasteiger partial charge in [0.2, 0.25) is 0 Å². The van der Waals surface area contributed by atoms with Crippen molar-refractivity contribution < 1.29 is 4.74 Å². The lowest BCUT2D eigenvalue weighted by atomic mass is 10.5. The first-order valence-corrected chi connectivity index (χ1v) is 2.90. The largest absolute Gasteiger partial charge is 0.378 e. The van der Waals surface area contributed by atoms with Gasteiger partial charge < -0.3 is 10.1 Å². The van der Waals surface area contributed by atoms with Crippen LogP contribution in [-0.4, -0.2) is 25.1 Å². The Hall–Kier alpha value is 0.270. The van der Waals surface area contributed by atoms with E-state index in [0.717, 1.165) is 19.8 Å². The van der Waals surface area contributed by atoms with Crippen molar-refractivity contribution in [1.82, 2.24) is 5.32 Å². The summed E-state index contributed by atoms with van der Waals surface area (Å²) in [4.78, 5) is 0. The Labute approximate surface area is 48.6 Å². The van der Waals surface area contributed by atoms with E-state index in [-0.39, 0.29) is 5.37 Å². The summed E-state index contributed by atoms with van der Waals surface area (Å²) >= 11 is 4.13. The van der Waals surface area contributed by atoms with Crippen LogP contribution in [0.4, 0.5) is 0 Å². The third-order valence-corrected chi connectivity index (χ3v) is 1.23. The molecule has 1 aliphatic heterocycles. The molecule has 1 rings (SSSR count). The van der Waals surface area contributed by atoms with Gasteiger partial charge in [0.15, 0.2) is 0 Å². The number of thiol groups is 1. The molecule has 0 spiro atoms. The maximum absolute atomic E-state index is 5.04. The summed E-state index contributed by atoms with van der Waals surface area (Å²) in [6.45, 7) is 2.51. The van der Waals surface area contributed by atoms with Gasteiger partial charge in [0.1, 0.15) is 0 Å². The Bertz CT molecular complexity index is 53.7. The maximum Gasteiger partial charge on any atom is 0.0740 e. The molecule has 1 heterocycles. The average molecular weight is 119 g/mol. The number of hydrogen-bond acceptors (Lipinski definition) is 3. The molecule has 7 heavy (non-hydrogen) atoms. The van der Waals surface area contributed by atoms with E-state index in [1.165, 1.54) is 0 Å². The van der Waals surface area contributed by atoms with Crippen molar-refractivity contribution in [2.75, 3.05) is 19.8 Å². The molecule has 0 saturated carbocycles. The Balaban J connectivity index is 2.12. The summed E-state index contributed by atoms with van der Waals surface area (Å²) in [6, 6.07) is 0. The number of hydrogen-bond donors (Lipinski definition) is 2. The van der Waals surface area contributed by atoms with Crippen LogP contribution in [0.3, 0.4) is 0 Å². The molecule has 2 nitrogen and oxygen atoms in total. The van der Waals surface area contributed by atoms with Gasteiger partial charge in [-0.2, -0.15) is 12.6 Å². The highest BCUT2D eigenvalue weighted by Gasteiger charge is 2.05. The molecule has 1 aliphatic rings. The van der Waals surface area contributed by atoms with Crippen LogP contribution in [0, 0.1) is 0 Å². The number of ether oxygens (including phenoxy) is 1. The van der Waals surface area contributed by atoms with Crippen LogP contribution in [0.2, 0.25) is 0 Å². The maximum atomic E-state index is 5.04. The number of nitrogens with one attached hydrogen (secondary N) is 1. The van der Waals surface area contributed by atoms with E-state index >= 15 is 0 Å². The highest BCUT2D eigenvalue weighted by atomic mass is 32.1. The topological polar surface area (TPSA) is 21.3 Å². The molecule has 0 aromatic carbocycles. The third kappa shape index (κ3) is 1.67. The Morgan fingerprint density at radius 3 is 2.86 bits per heavy atom. The third-order valence-electron chi connectivity index (χ3n) is 0.902. The van der Waals surface area contributed by atoms with Gasteiger partial charge >= 0.3 is 0 Å². The molecule has 0 aromatic heterocycles. The zero-order chi connectivity index (χ0) is 5.11. The molecule has 3 heteroatoms. The van der Waals surface area contributed by atoms with E-state index in [9.17, 15) is 0 Å². The van der Waals surface area contributed by atoms with E-state index in [2.05, 4.69) is 17.9 Å². The van der Waals surface area contributed by atoms with Gasteiger partial charge in [-0.3, -0.25) is 0 Å². The number of morpholine rings is 1. The van der Waals surface area contributed by atoms with Crippen molar-refractivity contribution in [2.45, 2.75) is 5.37 Å². The van der Waals surface area contributed by atoms with Crippen molar-refractivity contribution in [3.05, 3.63) is 0 Å². The second-order valence-corrected chi connectivity index (χ2v) is 2.17. The van der Waals surface area contributed by atoms with Gasteiger partial charge in [-0.15, -0.1) is 0 Å². The van der Waals surface area contributed by atoms with Crippen molar-refractivity contribution >= 4 is 12.6 Å². The molecule has 0 aromatic rings. The van der Waals surface area contributed by atoms with Crippen LogP contribution >= 0.6 is 12.6 Å². The van der Waals surface area contributed by atoms with Gasteiger partial charge in [-0.1, -0.05) is 0 Å². The van der Waals surface area contributed by atoms with Crippen LogP contribution in [0.5, 0.6) is 0 Å². The van der Waals surface area contributed by atoms with Crippen molar-refractivity contribution in [3.63, 3.8) is 0 Å². The zero-order valence-corrected chi connectivity index (χ0v) is 4.95. The van der Waals surface area contributed by atoms with Crippen molar-refractivity contribution in [1.29, 1.82) is 0 Å².